The van der Waals surface area contributed by atoms with E-state index in [0.29, 0.717) is 0 Å². The minimum atomic E-state index is 0.0520. The highest BCUT2D eigenvalue weighted by Crippen LogP contribution is 2.29. The van der Waals surface area contributed by atoms with Crippen molar-refractivity contribution in [2.45, 2.75) is 25.7 Å². The minimum absolute atomic E-state index is 0.0520. The molecule has 1 aromatic heterocycles. The molecule has 0 aliphatic heterocycles. The quantitative estimate of drug-likeness (QED) is 0.903. The summed E-state index contributed by atoms with van der Waals surface area (Å²) in [7, 11) is 0. The molecule has 0 aromatic carbocycles. The molecule has 1 fully saturated rings. The fourth-order valence-corrected chi connectivity index (χ4v) is 3.17. The molecule has 0 atom stereocenters. The maximum absolute atomic E-state index is 11.7. The van der Waals surface area contributed by atoms with Crippen molar-refractivity contribution in [3.05, 3.63) is 20.8 Å². The number of nitrogens with one attached hydrogen (secondary N) is 1. The van der Waals surface area contributed by atoms with Gasteiger partial charge in [0.05, 0.1) is 0 Å². The Balaban J connectivity index is 1.74. The SMILES string of the molecule is O=C(NCCC1CCC1)c1sccc1Br. The predicted octanol–water partition coefficient (Wildman–Crippen LogP) is 3.43. The van der Waals surface area contributed by atoms with Crippen LogP contribution in [-0.4, -0.2) is 12.5 Å². The molecular formula is C11H14BrNOS. The van der Waals surface area contributed by atoms with E-state index in [-0.39, 0.29) is 5.91 Å². The van der Waals surface area contributed by atoms with Crippen LogP contribution in [-0.2, 0) is 0 Å². The van der Waals surface area contributed by atoms with E-state index in [0.717, 1.165) is 28.2 Å². The second-order valence-corrected chi connectivity index (χ2v) is 5.71. The Morgan fingerprint density at radius 3 is 2.93 bits per heavy atom. The number of carbonyl (C=O) groups excluding carboxylic acids is 1. The largest absolute Gasteiger partial charge is 0.351 e. The van der Waals surface area contributed by atoms with Crippen LogP contribution in [0.5, 0.6) is 0 Å². The van der Waals surface area contributed by atoms with Crippen molar-refractivity contribution in [3.8, 4) is 0 Å². The van der Waals surface area contributed by atoms with Crippen LogP contribution in [0.2, 0.25) is 0 Å². The van der Waals surface area contributed by atoms with Gasteiger partial charge in [-0.15, -0.1) is 11.3 Å². The first-order valence-corrected chi connectivity index (χ1v) is 6.96. The summed E-state index contributed by atoms with van der Waals surface area (Å²) in [5.74, 6) is 0.910. The maximum atomic E-state index is 11.7. The Bertz CT molecular complexity index is 346. The Labute approximate surface area is 102 Å². The second kappa shape index (κ2) is 5.12. The number of thiophene rings is 1. The topological polar surface area (TPSA) is 29.1 Å². The second-order valence-electron chi connectivity index (χ2n) is 3.94. The summed E-state index contributed by atoms with van der Waals surface area (Å²) >= 11 is 4.84. The van der Waals surface area contributed by atoms with Gasteiger partial charge in [-0.3, -0.25) is 4.79 Å². The molecule has 1 aliphatic rings. The Kier molecular flexibility index (Phi) is 3.81. The molecule has 1 amide bonds. The fourth-order valence-electron chi connectivity index (χ4n) is 1.71. The zero-order valence-corrected chi connectivity index (χ0v) is 10.9. The van der Waals surface area contributed by atoms with Crippen LogP contribution in [0.15, 0.2) is 15.9 Å². The molecule has 0 saturated heterocycles. The molecule has 1 N–H and O–H groups in total. The van der Waals surface area contributed by atoms with Crippen LogP contribution in [0, 0.1) is 5.92 Å². The number of rotatable bonds is 4. The van der Waals surface area contributed by atoms with E-state index in [1.54, 1.807) is 0 Å². The molecule has 1 aromatic rings. The Morgan fingerprint density at radius 2 is 2.40 bits per heavy atom. The average molecular weight is 288 g/mol. The van der Waals surface area contributed by atoms with Crippen LogP contribution in [0.25, 0.3) is 0 Å². The summed E-state index contributed by atoms with van der Waals surface area (Å²) < 4.78 is 0.897. The van der Waals surface area contributed by atoms with Gasteiger partial charge in [-0.2, -0.15) is 0 Å². The first-order chi connectivity index (χ1) is 7.27. The molecule has 0 bridgehead atoms. The van der Waals surface area contributed by atoms with Crippen molar-refractivity contribution in [2.24, 2.45) is 5.92 Å². The average Bonchev–Trinajstić information content (AvgIpc) is 2.55. The fraction of sp³-hybridized carbons (Fsp3) is 0.545. The zero-order valence-electron chi connectivity index (χ0n) is 8.46. The molecule has 0 unspecified atom stereocenters. The van der Waals surface area contributed by atoms with Crippen LogP contribution in [0.3, 0.4) is 0 Å². The third kappa shape index (κ3) is 2.82. The van der Waals surface area contributed by atoms with E-state index in [2.05, 4.69) is 21.2 Å². The molecule has 82 valence electrons. The highest BCUT2D eigenvalue weighted by molar-refractivity contribution is 9.10. The summed E-state index contributed by atoms with van der Waals surface area (Å²) in [6.07, 6.45) is 5.20. The van der Waals surface area contributed by atoms with Crippen LogP contribution in [0.4, 0.5) is 0 Å². The van der Waals surface area contributed by atoms with Crippen LogP contribution < -0.4 is 5.32 Å². The van der Waals surface area contributed by atoms with Gasteiger partial charge in [0.15, 0.2) is 0 Å². The number of carbonyl (C=O) groups is 1. The molecule has 2 nitrogen and oxygen atoms in total. The van der Waals surface area contributed by atoms with Crippen molar-refractivity contribution < 1.29 is 4.79 Å². The van der Waals surface area contributed by atoms with Crippen LogP contribution >= 0.6 is 27.3 Å². The summed E-state index contributed by atoms with van der Waals surface area (Å²) in [4.78, 5) is 12.5. The molecule has 0 radical (unpaired) electrons. The summed E-state index contributed by atoms with van der Waals surface area (Å²) in [6, 6.07) is 1.91. The maximum Gasteiger partial charge on any atom is 0.262 e. The van der Waals surface area contributed by atoms with Gasteiger partial charge >= 0.3 is 0 Å². The molecule has 1 aliphatic carbocycles. The van der Waals surface area contributed by atoms with Gasteiger partial charge in [0, 0.05) is 11.0 Å². The first kappa shape index (κ1) is 11.1. The number of hydrogen-bond acceptors (Lipinski definition) is 2. The minimum Gasteiger partial charge on any atom is -0.351 e. The molecule has 0 spiro atoms. The smallest absolute Gasteiger partial charge is 0.262 e. The highest BCUT2D eigenvalue weighted by atomic mass is 79.9. The lowest BCUT2D eigenvalue weighted by Gasteiger charge is -2.25. The van der Waals surface area contributed by atoms with Crippen LogP contribution in [0.1, 0.15) is 35.4 Å². The third-order valence-corrected chi connectivity index (χ3v) is 4.72. The summed E-state index contributed by atoms with van der Waals surface area (Å²) in [6.45, 7) is 0.813. The lowest BCUT2D eigenvalue weighted by atomic mass is 9.83. The zero-order chi connectivity index (χ0) is 10.7. The number of hydrogen-bond donors (Lipinski definition) is 1. The van der Waals surface area contributed by atoms with E-state index < -0.39 is 0 Å². The lowest BCUT2D eigenvalue weighted by molar-refractivity contribution is 0.0952. The van der Waals surface area contributed by atoms with Gasteiger partial charge in [0.25, 0.3) is 5.91 Å². The summed E-state index contributed by atoms with van der Waals surface area (Å²) in [5.41, 5.74) is 0. The standard InChI is InChI=1S/C11H14BrNOS/c12-9-5-7-15-10(9)11(14)13-6-4-8-2-1-3-8/h5,7-8H,1-4,6H2,(H,13,14). The van der Waals surface area contributed by atoms with E-state index >= 15 is 0 Å². The van der Waals surface area contributed by atoms with E-state index in [1.807, 2.05) is 11.4 Å². The number of amides is 1. The van der Waals surface area contributed by atoms with Crippen molar-refractivity contribution in [1.82, 2.24) is 5.32 Å². The molecule has 15 heavy (non-hydrogen) atoms. The van der Waals surface area contributed by atoms with Gasteiger partial charge in [0.2, 0.25) is 0 Å². The normalized spacial score (nSPS) is 16.1. The molecule has 1 saturated carbocycles. The predicted molar refractivity (Wildman–Crippen MR) is 66.3 cm³/mol. The number of halogens is 1. The monoisotopic (exact) mass is 287 g/mol. The summed E-state index contributed by atoms with van der Waals surface area (Å²) in [5, 5.41) is 4.89. The van der Waals surface area contributed by atoms with Crippen molar-refractivity contribution in [2.75, 3.05) is 6.54 Å². The van der Waals surface area contributed by atoms with Gasteiger partial charge in [-0.25, -0.2) is 0 Å². The molecule has 1 heterocycles. The van der Waals surface area contributed by atoms with Gasteiger partial charge in [-0.1, -0.05) is 19.3 Å². The van der Waals surface area contributed by atoms with Crippen molar-refractivity contribution >= 4 is 33.2 Å². The molecule has 2 rings (SSSR count). The molecular weight excluding hydrogens is 274 g/mol. The Morgan fingerprint density at radius 1 is 1.60 bits per heavy atom. The van der Waals surface area contributed by atoms with Gasteiger partial charge < -0.3 is 5.32 Å². The first-order valence-electron chi connectivity index (χ1n) is 5.28. The lowest BCUT2D eigenvalue weighted by Crippen LogP contribution is -2.26. The van der Waals surface area contributed by atoms with E-state index in [9.17, 15) is 4.79 Å². The highest BCUT2D eigenvalue weighted by Gasteiger charge is 2.17. The molecule has 4 heteroatoms. The van der Waals surface area contributed by atoms with E-state index in [4.69, 9.17) is 0 Å². The van der Waals surface area contributed by atoms with Gasteiger partial charge in [-0.05, 0) is 39.7 Å². The van der Waals surface area contributed by atoms with E-state index in [1.165, 1.54) is 30.6 Å². The Hall–Kier alpha value is -0.350. The third-order valence-electron chi connectivity index (χ3n) is 2.89. The van der Waals surface area contributed by atoms with Crippen molar-refractivity contribution in [1.29, 1.82) is 0 Å². The van der Waals surface area contributed by atoms with Gasteiger partial charge in [0.1, 0.15) is 4.88 Å². The van der Waals surface area contributed by atoms with Crippen molar-refractivity contribution in [3.63, 3.8) is 0 Å².